The Balaban J connectivity index is 2.85. The van der Waals surface area contributed by atoms with E-state index in [4.69, 9.17) is 5.73 Å². The molecule has 1 atom stereocenters. The Hall–Kier alpha value is 0.570. The molecule has 0 amide bonds. The van der Waals surface area contributed by atoms with Crippen LogP contribution in [0.1, 0.15) is 10.9 Å². The summed E-state index contributed by atoms with van der Waals surface area (Å²) in [5, 5.41) is 0. The van der Waals surface area contributed by atoms with E-state index < -0.39 is 15.9 Å². The highest BCUT2D eigenvalue weighted by molar-refractivity contribution is 9.13. The lowest BCUT2D eigenvalue weighted by molar-refractivity contribution is 0.595. The third-order valence-corrected chi connectivity index (χ3v) is 5.86. The maximum absolute atomic E-state index is 11.0. The minimum Gasteiger partial charge on any atom is -0.322 e. The molecule has 0 aromatic carbocycles. The van der Waals surface area contributed by atoms with Gasteiger partial charge in [-0.2, -0.15) is 0 Å². The number of halogens is 2. The van der Waals surface area contributed by atoms with Crippen LogP contribution in [0.15, 0.2) is 14.3 Å². The van der Waals surface area contributed by atoms with Crippen molar-refractivity contribution in [2.45, 2.75) is 6.04 Å². The van der Waals surface area contributed by atoms with Gasteiger partial charge in [-0.3, -0.25) is 0 Å². The zero-order chi connectivity index (χ0) is 10.9. The Kier molecular flexibility index (Phi) is 4.16. The summed E-state index contributed by atoms with van der Waals surface area (Å²) in [4.78, 5) is 0.856. The average molecular weight is 363 g/mol. The highest BCUT2D eigenvalue weighted by Gasteiger charge is 2.16. The van der Waals surface area contributed by atoms with E-state index in [1.807, 2.05) is 6.07 Å². The van der Waals surface area contributed by atoms with Gasteiger partial charge in [0, 0.05) is 15.6 Å². The summed E-state index contributed by atoms with van der Waals surface area (Å²) in [5.41, 5.74) is 5.75. The molecule has 1 aromatic heterocycles. The molecule has 0 aliphatic carbocycles. The van der Waals surface area contributed by atoms with Crippen LogP contribution in [0.3, 0.4) is 0 Å². The predicted molar refractivity (Wildman–Crippen MR) is 66.4 cm³/mol. The van der Waals surface area contributed by atoms with Gasteiger partial charge in [-0.05, 0) is 37.9 Å². The molecule has 0 aliphatic heterocycles. The van der Waals surface area contributed by atoms with E-state index in [9.17, 15) is 8.42 Å². The van der Waals surface area contributed by atoms with Crippen molar-refractivity contribution in [2.24, 2.45) is 5.73 Å². The van der Waals surface area contributed by atoms with Gasteiger partial charge in [0.1, 0.15) is 9.84 Å². The molecule has 0 radical (unpaired) electrons. The van der Waals surface area contributed by atoms with E-state index in [1.54, 1.807) is 0 Å². The molecular formula is C7H9Br2NO2S2. The van der Waals surface area contributed by atoms with Crippen LogP contribution in [0.2, 0.25) is 0 Å². The van der Waals surface area contributed by atoms with Crippen molar-refractivity contribution in [1.82, 2.24) is 0 Å². The average Bonchev–Trinajstić information content (AvgIpc) is 2.28. The van der Waals surface area contributed by atoms with Crippen molar-refractivity contribution < 1.29 is 8.42 Å². The Morgan fingerprint density at radius 2 is 2.14 bits per heavy atom. The molecule has 1 heterocycles. The van der Waals surface area contributed by atoms with E-state index in [-0.39, 0.29) is 5.75 Å². The van der Waals surface area contributed by atoms with Crippen LogP contribution in [0, 0.1) is 0 Å². The zero-order valence-electron chi connectivity index (χ0n) is 7.33. The van der Waals surface area contributed by atoms with Crippen molar-refractivity contribution in [3.8, 4) is 0 Å². The van der Waals surface area contributed by atoms with E-state index >= 15 is 0 Å². The molecule has 1 aromatic rings. The fourth-order valence-corrected chi connectivity index (χ4v) is 3.98. The molecule has 0 saturated heterocycles. The standard InChI is InChI=1S/C7H9Br2NO2S2/c1-14(11,12)3-5(10)6-2-4(8)7(9)13-6/h2,5H,3,10H2,1H3. The van der Waals surface area contributed by atoms with Gasteiger partial charge in [0.2, 0.25) is 0 Å². The first-order valence-corrected chi connectivity index (χ1v) is 8.14. The molecule has 7 heteroatoms. The molecule has 1 unspecified atom stereocenters. The smallest absolute Gasteiger partial charge is 0.149 e. The first-order valence-electron chi connectivity index (χ1n) is 3.67. The van der Waals surface area contributed by atoms with Gasteiger partial charge in [0.05, 0.1) is 15.6 Å². The van der Waals surface area contributed by atoms with Gasteiger partial charge < -0.3 is 5.73 Å². The molecule has 0 fully saturated rings. The summed E-state index contributed by atoms with van der Waals surface area (Å²) < 4.78 is 23.8. The van der Waals surface area contributed by atoms with E-state index in [0.29, 0.717) is 0 Å². The summed E-state index contributed by atoms with van der Waals surface area (Å²) in [7, 11) is -3.02. The van der Waals surface area contributed by atoms with Gasteiger partial charge >= 0.3 is 0 Å². The van der Waals surface area contributed by atoms with E-state index in [1.165, 1.54) is 17.6 Å². The van der Waals surface area contributed by atoms with Crippen LogP contribution in [0.5, 0.6) is 0 Å². The van der Waals surface area contributed by atoms with Crippen LogP contribution in [-0.4, -0.2) is 20.4 Å². The third kappa shape index (κ3) is 3.62. The number of nitrogens with two attached hydrogens (primary N) is 1. The Labute approximate surface area is 104 Å². The fourth-order valence-electron chi connectivity index (χ4n) is 0.954. The normalized spacial score (nSPS) is 14.3. The maximum atomic E-state index is 11.0. The van der Waals surface area contributed by atoms with Crippen molar-refractivity contribution in [1.29, 1.82) is 0 Å². The van der Waals surface area contributed by atoms with Crippen LogP contribution < -0.4 is 5.73 Å². The third-order valence-electron chi connectivity index (χ3n) is 1.51. The summed E-state index contributed by atoms with van der Waals surface area (Å²) >= 11 is 8.10. The van der Waals surface area contributed by atoms with Gasteiger partial charge in [-0.15, -0.1) is 11.3 Å². The largest absolute Gasteiger partial charge is 0.322 e. The molecule has 0 aliphatic rings. The van der Waals surface area contributed by atoms with Gasteiger partial charge in [0.15, 0.2) is 0 Å². The molecule has 0 saturated carbocycles. The van der Waals surface area contributed by atoms with E-state index in [2.05, 4.69) is 31.9 Å². The van der Waals surface area contributed by atoms with Gasteiger partial charge in [0.25, 0.3) is 0 Å². The second-order valence-corrected chi connectivity index (χ2v) is 8.41. The van der Waals surface area contributed by atoms with E-state index in [0.717, 1.165) is 13.1 Å². The van der Waals surface area contributed by atoms with Gasteiger partial charge in [-0.1, -0.05) is 0 Å². The van der Waals surface area contributed by atoms with Crippen LogP contribution >= 0.6 is 43.2 Å². The second-order valence-electron chi connectivity index (χ2n) is 2.97. The minimum absolute atomic E-state index is 0.0214. The van der Waals surface area contributed by atoms with Crippen LogP contribution in [-0.2, 0) is 9.84 Å². The summed E-state index contributed by atoms with van der Waals surface area (Å²) in [6, 6.07) is 1.39. The molecule has 0 spiro atoms. The fraction of sp³-hybridized carbons (Fsp3) is 0.429. The number of sulfone groups is 1. The SMILES string of the molecule is CS(=O)(=O)CC(N)c1cc(Br)c(Br)s1. The molecule has 80 valence electrons. The molecule has 1 rings (SSSR count). The lowest BCUT2D eigenvalue weighted by Gasteiger charge is -2.06. The summed E-state index contributed by atoms with van der Waals surface area (Å²) in [6.45, 7) is 0. The number of hydrogen-bond donors (Lipinski definition) is 1. The quantitative estimate of drug-likeness (QED) is 0.897. The molecule has 0 bridgehead atoms. The summed E-state index contributed by atoms with van der Waals surface area (Å²) in [6.07, 6.45) is 1.19. The molecule has 2 N–H and O–H groups in total. The van der Waals surface area contributed by atoms with Crippen molar-refractivity contribution in [2.75, 3.05) is 12.0 Å². The topological polar surface area (TPSA) is 60.2 Å². The van der Waals surface area contributed by atoms with Crippen molar-refractivity contribution >= 4 is 53.0 Å². The molecule has 3 nitrogen and oxygen atoms in total. The van der Waals surface area contributed by atoms with Crippen LogP contribution in [0.25, 0.3) is 0 Å². The number of hydrogen-bond acceptors (Lipinski definition) is 4. The van der Waals surface area contributed by atoms with Crippen LogP contribution in [0.4, 0.5) is 0 Å². The maximum Gasteiger partial charge on any atom is 0.149 e. The lowest BCUT2D eigenvalue weighted by Crippen LogP contribution is -2.19. The van der Waals surface area contributed by atoms with Crippen molar-refractivity contribution in [3.63, 3.8) is 0 Å². The highest BCUT2D eigenvalue weighted by atomic mass is 79.9. The number of thiophene rings is 1. The Bertz CT molecular complexity index is 407. The monoisotopic (exact) mass is 361 g/mol. The predicted octanol–water partition coefficient (Wildman–Crippen LogP) is 2.32. The lowest BCUT2D eigenvalue weighted by atomic mass is 10.3. The zero-order valence-corrected chi connectivity index (χ0v) is 12.1. The summed E-state index contributed by atoms with van der Waals surface area (Å²) in [5.74, 6) is -0.0214. The number of rotatable bonds is 3. The van der Waals surface area contributed by atoms with Crippen molar-refractivity contribution in [3.05, 3.63) is 19.2 Å². The highest BCUT2D eigenvalue weighted by Crippen LogP contribution is 2.35. The molecular weight excluding hydrogens is 354 g/mol. The van der Waals surface area contributed by atoms with Gasteiger partial charge in [-0.25, -0.2) is 8.42 Å². The Morgan fingerprint density at radius 3 is 2.50 bits per heavy atom. The first-order chi connectivity index (χ1) is 6.29. The molecule has 14 heavy (non-hydrogen) atoms. The second kappa shape index (κ2) is 4.61. The Morgan fingerprint density at radius 1 is 1.57 bits per heavy atom. The minimum atomic E-state index is -3.02. The first kappa shape index (κ1) is 12.6.